The van der Waals surface area contributed by atoms with Crippen molar-refractivity contribution in [1.29, 1.82) is 0 Å². The molecule has 0 radical (unpaired) electrons. The zero-order valence-corrected chi connectivity index (χ0v) is 21.2. The predicted octanol–water partition coefficient (Wildman–Crippen LogP) is 4.30. The SMILES string of the molecule is [C-]#[N+][C@@H]1C[C@@]2(CN1C(=O)[C@H](CC(C)C)N(C)C(=O)c1cc3cc(F)cc(F)c3[nH]1)C(=O)Nc1ccccc12. The van der Waals surface area contributed by atoms with Crippen molar-refractivity contribution < 1.29 is 23.2 Å². The number of hydrogen-bond acceptors (Lipinski definition) is 3. The Hall–Kier alpha value is -4.26. The summed E-state index contributed by atoms with van der Waals surface area (Å²) in [6.07, 6.45) is -0.409. The van der Waals surface area contributed by atoms with E-state index in [2.05, 4.69) is 15.1 Å². The van der Waals surface area contributed by atoms with Gasteiger partial charge in [-0.15, -0.1) is 0 Å². The van der Waals surface area contributed by atoms with Crippen LogP contribution in [0.25, 0.3) is 15.7 Å². The van der Waals surface area contributed by atoms with Crippen LogP contribution >= 0.6 is 0 Å². The van der Waals surface area contributed by atoms with Gasteiger partial charge in [0.25, 0.3) is 11.8 Å². The number of aromatic amines is 1. The first-order chi connectivity index (χ1) is 18.1. The van der Waals surface area contributed by atoms with E-state index in [1.54, 1.807) is 6.07 Å². The van der Waals surface area contributed by atoms with Crippen LogP contribution in [0.2, 0.25) is 0 Å². The molecular weight excluding hydrogens is 492 g/mol. The minimum Gasteiger partial charge on any atom is -0.348 e. The number of nitrogens with one attached hydrogen (secondary N) is 2. The number of anilines is 1. The average molecular weight is 520 g/mol. The molecule has 196 valence electrons. The van der Waals surface area contributed by atoms with Crippen molar-refractivity contribution in [1.82, 2.24) is 14.8 Å². The van der Waals surface area contributed by atoms with Crippen LogP contribution in [0.3, 0.4) is 0 Å². The van der Waals surface area contributed by atoms with Gasteiger partial charge in [-0.05, 0) is 36.1 Å². The summed E-state index contributed by atoms with van der Waals surface area (Å²) in [6, 6.07) is 9.53. The molecule has 1 spiro atoms. The predicted molar refractivity (Wildman–Crippen MR) is 137 cm³/mol. The summed E-state index contributed by atoms with van der Waals surface area (Å²) >= 11 is 0. The molecule has 8 nitrogen and oxygen atoms in total. The monoisotopic (exact) mass is 519 g/mol. The molecule has 2 aliphatic heterocycles. The Labute approximate surface area is 218 Å². The van der Waals surface area contributed by atoms with Crippen LogP contribution in [-0.2, 0) is 15.0 Å². The Morgan fingerprint density at radius 2 is 1.97 bits per heavy atom. The lowest BCUT2D eigenvalue weighted by Gasteiger charge is -2.32. The number of rotatable bonds is 5. The topological polar surface area (TPSA) is 89.9 Å². The van der Waals surface area contributed by atoms with E-state index in [0.717, 1.165) is 17.7 Å². The molecule has 0 aliphatic carbocycles. The molecule has 2 aromatic carbocycles. The van der Waals surface area contributed by atoms with Gasteiger partial charge < -0.3 is 15.2 Å². The number of H-pyrrole nitrogens is 1. The lowest BCUT2D eigenvalue weighted by Crippen LogP contribution is -2.51. The number of benzene rings is 2. The highest BCUT2D eigenvalue weighted by Crippen LogP contribution is 2.47. The smallest absolute Gasteiger partial charge is 0.302 e. The van der Waals surface area contributed by atoms with E-state index in [-0.39, 0.29) is 41.4 Å². The van der Waals surface area contributed by atoms with Gasteiger partial charge in [-0.3, -0.25) is 24.1 Å². The van der Waals surface area contributed by atoms with E-state index in [0.29, 0.717) is 12.1 Å². The standard InChI is InChI=1S/C28H27F2N5O3/c1-15(2)9-22(34(4)25(36)21-11-16-10-17(29)12-19(30)24(16)32-21)26(37)35-14-28(13-23(35)31-3)18-7-5-6-8-20(18)33-27(28)38/h5-8,10-12,15,22-23,32H,9,13-14H2,1-2,4H3,(H,33,38)/t22-,23-,28-/m0/s1. The fourth-order valence-corrected chi connectivity index (χ4v) is 5.63. The highest BCUT2D eigenvalue weighted by molar-refractivity contribution is 6.07. The molecule has 2 aliphatic rings. The number of aromatic nitrogens is 1. The van der Waals surface area contributed by atoms with Crippen LogP contribution in [0.4, 0.5) is 14.5 Å². The molecule has 10 heteroatoms. The van der Waals surface area contributed by atoms with Crippen molar-refractivity contribution in [2.75, 3.05) is 18.9 Å². The molecule has 3 atom stereocenters. The lowest BCUT2D eigenvalue weighted by atomic mass is 9.80. The number of fused-ring (bicyclic) bond motifs is 3. The number of halogens is 2. The van der Waals surface area contributed by atoms with Gasteiger partial charge in [0, 0.05) is 30.7 Å². The summed E-state index contributed by atoms with van der Waals surface area (Å²) in [5.41, 5.74) is 0.397. The second-order valence-electron chi connectivity index (χ2n) is 10.5. The maximum absolute atomic E-state index is 14.2. The Balaban J connectivity index is 1.46. The van der Waals surface area contributed by atoms with Crippen molar-refractivity contribution in [3.05, 3.63) is 76.8 Å². The molecule has 38 heavy (non-hydrogen) atoms. The second kappa shape index (κ2) is 9.24. The summed E-state index contributed by atoms with van der Waals surface area (Å²) in [5.74, 6) is -2.82. The summed E-state index contributed by atoms with van der Waals surface area (Å²) in [5, 5.41) is 3.07. The van der Waals surface area contributed by atoms with E-state index in [1.807, 2.05) is 32.0 Å². The van der Waals surface area contributed by atoms with Gasteiger partial charge in [-0.25, -0.2) is 15.4 Å². The summed E-state index contributed by atoms with van der Waals surface area (Å²) < 4.78 is 27.9. The maximum Gasteiger partial charge on any atom is 0.302 e. The lowest BCUT2D eigenvalue weighted by molar-refractivity contribution is -0.136. The van der Waals surface area contributed by atoms with Gasteiger partial charge in [-0.2, -0.15) is 0 Å². The maximum atomic E-state index is 14.2. The van der Waals surface area contributed by atoms with E-state index in [9.17, 15) is 23.2 Å². The molecule has 5 rings (SSSR count). The van der Waals surface area contributed by atoms with Crippen molar-refractivity contribution in [2.24, 2.45) is 5.92 Å². The Morgan fingerprint density at radius 3 is 2.68 bits per heavy atom. The number of likely N-dealkylation sites (N-methyl/N-ethyl adjacent to an activating group) is 1. The Kier molecular flexibility index (Phi) is 6.18. The van der Waals surface area contributed by atoms with Crippen LogP contribution in [0.5, 0.6) is 0 Å². The number of hydrogen-bond donors (Lipinski definition) is 2. The van der Waals surface area contributed by atoms with Gasteiger partial charge in [-0.1, -0.05) is 32.0 Å². The summed E-state index contributed by atoms with van der Waals surface area (Å²) in [4.78, 5) is 49.6. The van der Waals surface area contributed by atoms with Crippen molar-refractivity contribution >= 4 is 34.3 Å². The van der Waals surface area contributed by atoms with E-state index in [1.165, 1.54) is 22.9 Å². The molecule has 3 aromatic rings. The third-order valence-electron chi connectivity index (χ3n) is 7.53. The third-order valence-corrected chi connectivity index (χ3v) is 7.53. The van der Waals surface area contributed by atoms with Crippen LogP contribution in [0.1, 0.15) is 42.7 Å². The average Bonchev–Trinajstić information content (AvgIpc) is 3.56. The minimum atomic E-state index is -1.04. The highest BCUT2D eigenvalue weighted by atomic mass is 19.1. The van der Waals surface area contributed by atoms with Gasteiger partial charge in [0.1, 0.15) is 28.8 Å². The molecular formula is C28H27F2N5O3. The van der Waals surface area contributed by atoms with Crippen molar-refractivity contribution in [3.8, 4) is 0 Å². The fraction of sp³-hybridized carbons (Fsp3) is 0.357. The fourth-order valence-electron chi connectivity index (χ4n) is 5.63. The Morgan fingerprint density at radius 1 is 1.24 bits per heavy atom. The van der Waals surface area contributed by atoms with Crippen LogP contribution in [0.15, 0.2) is 42.5 Å². The van der Waals surface area contributed by atoms with Crippen LogP contribution < -0.4 is 5.32 Å². The molecule has 3 amide bonds. The molecule has 0 bridgehead atoms. The summed E-state index contributed by atoms with van der Waals surface area (Å²) in [6.45, 7) is 11.6. The number of amides is 3. The molecule has 0 saturated carbocycles. The van der Waals surface area contributed by atoms with Gasteiger partial charge in [0.05, 0.1) is 11.9 Å². The van der Waals surface area contributed by atoms with E-state index in [4.69, 9.17) is 6.57 Å². The largest absolute Gasteiger partial charge is 0.348 e. The van der Waals surface area contributed by atoms with Gasteiger partial charge >= 0.3 is 6.17 Å². The van der Waals surface area contributed by atoms with Crippen molar-refractivity contribution in [3.63, 3.8) is 0 Å². The number of carbonyl (C=O) groups is 3. The third kappa shape index (κ3) is 3.99. The first-order valence-corrected chi connectivity index (χ1v) is 12.4. The number of nitrogens with zero attached hydrogens (tertiary/aromatic N) is 3. The van der Waals surface area contributed by atoms with Gasteiger partial charge in [0.2, 0.25) is 5.91 Å². The van der Waals surface area contributed by atoms with E-state index < -0.39 is 41.1 Å². The minimum absolute atomic E-state index is 0.00430. The molecule has 1 fully saturated rings. The first-order valence-electron chi connectivity index (χ1n) is 12.4. The molecule has 1 aromatic heterocycles. The number of carbonyl (C=O) groups excluding carboxylic acids is 3. The quantitative estimate of drug-likeness (QED) is 0.493. The van der Waals surface area contributed by atoms with Crippen molar-refractivity contribution in [2.45, 2.75) is 44.3 Å². The molecule has 1 saturated heterocycles. The number of para-hydroxylation sites is 1. The summed E-state index contributed by atoms with van der Waals surface area (Å²) in [7, 11) is 1.48. The van der Waals surface area contributed by atoms with Crippen LogP contribution in [0, 0.1) is 24.1 Å². The molecule has 3 heterocycles. The first kappa shape index (κ1) is 25.4. The molecule has 0 unspecified atom stereocenters. The second-order valence-corrected chi connectivity index (χ2v) is 10.5. The highest BCUT2D eigenvalue weighted by Gasteiger charge is 2.59. The normalized spacial score (nSPS) is 21.0. The van der Waals surface area contributed by atoms with Crippen LogP contribution in [-0.4, -0.2) is 58.3 Å². The van der Waals surface area contributed by atoms with Gasteiger partial charge in [0.15, 0.2) is 0 Å². The van der Waals surface area contributed by atoms with E-state index >= 15 is 0 Å². The zero-order chi connectivity index (χ0) is 27.4. The number of likely N-dealkylation sites (tertiary alicyclic amines) is 1. The Bertz CT molecular complexity index is 1510. The molecule has 2 N–H and O–H groups in total. The zero-order valence-electron chi connectivity index (χ0n) is 21.2.